The molecule has 0 spiro atoms. The van der Waals surface area contributed by atoms with Crippen LogP contribution in [-0.2, 0) is 24.9 Å². The van der Waals surface area contributed by atoms with Crippen molar-refractivity contribution in [3.8, 4) is 11.3 Å². The summed E-state index contributed by atoms with van der Waals surface area (Å²) in [7, 11) is 0. The maximum Gasteiger partial charge on any atom is 0.162 e. The van der Waals surface area contributed by atoms with Crippen molar-refractivity contribution in [2.24, 2.45) is 17.8 Å². The number of hydrogen-bond donors (Lipinski definition) is 1. The van der Waals surface area contributed by atoms with Gasteiger partial charge in [0.25, 0.3) is 0 Å². The van der Waals surface area contributed by atoms with E-state index in [0.717, 1.165) is 54.3 Å². The molecule has 7 rings (SSSR count). The number of pyridine rings is 1. The fraction of sp³-hybridized carbons (Fsp3) is 0.476. The molecular weight excluding hydrogens is 743 g/mol. The summed E-state index contributed by atoms with van der Waals surface area (Å²) in [6.07, 6.45) is 18.3. The van der Waals surface area contributed by atoms with E-state index in [9.17, 15) is 9.90 Å². The van der Waals surface area contributed by atoms with Crippen molar-refractivity contribution in [1.29, 1.82) is 0 Å². The van der Waals surface area contributed by atoms with E-state index in [1.807, 2.05) is 6.07 Å². The van der Waals surface area contributed by atoms with Crippen molar-refractivity contribution in [2.75, 3.05) is 0 Å². The number of hydrogen-bond acceptors (Lipinski definition) is 3. The first-order chi connectivity index (χ1) is 21.5. The van der Waals surface area contributed by atoms with Gasteiger partial charge < -0.3 is 5.11 Å². The second-order valence-corrected chi connectivity index (χ2v) is 13.7. The van der Waals surface area contributed by atoms with Gasteiger partial charge in [0.1, 0.15) is 0 Å². The predicted octanol–water partition coefficient (Wildman–Crippen LogP) is 11.9. The molecule has 0 amide bonds. The van der Waals surface area contributed by atoms with E-state index in [0.29, 0.717) is 5.76 Å². The molecule has 1 radical (unpaired) electrons. The molecule has 0 atom stereocenters. The van der Waals surface area contributed by atoms with Crippen LogP contribution in [0.3, 0.4) is 0 Å². The van der Waals surface area contributed by atoms with Gasteiger partial charge in [0.2, 0.25) is 0 Å². The Kier molecular flexibility index (Phi) is 13.6. The van der Waals surface area contributed by atoms with E-state index in [2.05, 4.69) is 73.7 Å². The Morgan fingerprint density at radius 3 is 2.17 bits per heavy atom. The molecule has 3 saturated carbocycles. The summed E-state index contributed by atoms with van der Waals surface area (Å²) in [6.45, 7) is 2.38. The zero-order chi connectivity index (χ0) is 30.3. The third-order valence-electron chi connectivity index (χ3n) is 10.5. The van der Waals surface area contributed by atoms with Crippen LogP contribution in [0.4, 0.5) is 0 Å². The summed E-state index contributed by atoms with van der Waals surface area (Å²) in [5, 5.41) is 13.7. The van der Waals surface area contributed by atoms with Gasteiger partial charge in [0.05, 0.1) is 11.3 Å². The summed E-state index contributed by atoms with van der Waals surface area (Å²) < 4.78 is 0. The van der Waals surface area contributed by atoms with Crippen LogP contribution < -0.4 is 0 Å². The second kappa shape index (κ2) is 17.4. The third kappa shape index (κ3) is 8.96. The maximum atomic E-state index is 12.0. The molecule has 4 heteroatoms. The van der Waals surface area contributed by atoms with Crippen LogP contribution in [0.1, 0.15) is 116 Å². The standard InChI is InChI=1S/C26H24N.C15H24O2.CH4.Ir/c1-18-9-11-19(12-10-18)21-13-15-25-22(17-21)14-16-26(27-25)24-8-4-6-20-5-2-3-7-23(20)24;16-14(12-7-3-1-4-8-12)11-15(17)13-9-5-2-6-10-13;;/h2-7,13-19H,9-12H2,1H3;11-13,16H,1-10H2;1H4;/q-1;;;. The Labute approximate surface area is 290 Å². The first-order valence-electron chi connectivity index (χ1n) is 17.3. The quantitative estimate of drug-likeness (QED) is 0.124. The summed E-state index contributed by atoms with van der Waals surface area (Å²) in [5.74, 6) is 2.60. The fourth-order valence-corrected chi connectivity index (χ4v) is 7.67. The molecule has 247 valence electrons. The average Bonchev–Trinajstić information content (AvgIpc) is 3.09. The minimum absolute atomic E-state index is 0. The van der Waals surface area contributed by atoms with Gasteiger partial charge >= 0.3 is 0 Å². The molecule has 1 heterocycles. The molecule has 1 N–H and O–H groups in total. The summed E-state index contributed by atoms with van der Waals surface area (Å²) in [5.41, 5.74) is 4.64. The normalized spacial score (nSPS) is 21.0. The van der Waals surface area contributed by atoms with Gasteiger partial charge in [-0.05, 0) is 79.1 Å². The Morgan fingerprint density at radius 2 is 1.46 bits per heavy atom. The zero-order valence-corrected chi connectivity index (χ0v) is 29.2. The molecule has 3 fully saturated rings. The molecule has 3 aliphatic carbocycles. The van der Waals surface area contributed by atoms with E-state index in [-0.39, 0.29) is 45.2 Å². The molecule has 0 saturated heterocycles. The van der Waals surface area contributed by atoms with Gasteiger partial charge in [0, 0.05) is 38.0 Å². The Morgan fingerprint density at radius 1 is 0.783 bits per heavy atom. The van der Waals surface area contributed by atoms with Crippen molar-refractivity contribution < 1.29 is 30.0 Å². The van der Waals surface area contributed by atoms with E-state index in [1.165, 1.54) is 85.9 Å². The minimum Gasteiger partial charge on any atom is -0.512 e. The van der Waals surface area contributed by atoms with Crippen molar-refractivity contribution in [1.82, 2.24) is 4.98 Å². The summed E-state index contributed by atoms with van der Waals surface area (Å²) in [4.78, 5) is 17.0. The molecule has 4 aromatic rings. The largest absolute Gasteiger partial charge is 0.512 e. The Bertz CT molecular complexity index is 1580. The minimum atomic E-state index is 0. The maximum absolute atomic E-state index is 12.0. The topological polar surface area (TPSA) is 50.2 Å². The molecule has 3 nitrogen and oxygen atoms in total. The summed E-state index contributed by atoms with van der Waals surface area (Å²) >= 11 is 0. The molecule has 0 bridgehead atoms. The van der Waals surface area contributed by atoms with Gasteiger partial charge in [-0.1, -0.05) is 114 Å². The van der Waals surface area contributed by atoms with Crippen molar-refractivity contribution in [3.05, 3.63) is 90.2 Å². The van der Waals surface area contributed by atoms with Gasteiger partial charge in [-0.15, -0.1) is 29.1 Å². The molecule has 0 unspecified atom stereocenters. The number of rotatable bonds is 5. The number of aromatic nitrogens is 1. The Hall–Kier alpha value is -2.81. The molecular formula is C42H52IrNO2-. The predicted molar refractivity (Wildman–Crippen MR) is 189 cm³/mol. The number of aliphatic hydroxyl groups excluding tert-OH is 1. The van der Waals surface area contributed by atoms with Crippen LogP contribution in [0.5, 0.6) is 0 Å². The van der Waals surface area contributed by atoms with Crippen LogP contribution in [0.25, 0.3) is 32.9 Å². The Balaban J connectivity index is 0.000000221. The first-order valence-corrected chi connectivity index (χ1v) is 17.3. The molecule has 1 aromatic heterocycles. The first kappa shape index (κ1) is 36.0. The van der Waals surface area contributed by atoms with Crippen molar-refractivity contribution >= 4 is 27.5 Å². The van der Waals surface area contributed by atoms with Crippen molar-refractivity contribution in [2.45, 2.75) is 110 Å². The van der Waals surface area contributed by atoms with Crippen LogP contribution >= 0.6 is 0 Å². The monoisotopic (exact) mass is 795 g/mol. The molecule has 3 aliphatic rings. The van der Waals surface area contributed by atoms with Crippen LogP contribution in [0.15, 0.2) is 78.6 Å². The van der Waals surface area contributed by atoms with Crippen LogP contribution in [-0.4, -0.2) is 15.9 Å². The number of aliphatic hydroxyl groups is 1. The number of fused-ring (bicyclic) bond motifs is 2. The van der Waals surface area contributed by atoms with Crippen LogP contribution in [0, 0.1) is 23.8 Å². The van der Waals surface area contributed by atoms with E-state index in [1.54, 1.807) is 6.08 Å². The van der Waals surface area contributed by atoms with E-state index >= 15 is 0 Å². The van der Waals surface area contributed by atoms with Gasteiger partial charge in [0.15, 0.2) is 5.78 Å². The number of allylic oxidation sites excluding steroid dienone is 2. The molecule has 46 heavy (non-hydrogen) atoms. The number of nitrogens with zero attached hydrogens (tertiary/aromatic N) is 1. The smallest absolute Gasteiger partial charge is 0.162 e. The number of carbonyl (C=O) groups excluding carboxylic acids is 1. The van der Waals surface area contributed by atoms with E-state index < -0.39 is 0 Å². The third-order valence-corrected chi connectivity index (χ3v) is 10.5. The van der Waals surface area contributed by atoms with Crippen molar-refractivity contribution in [3.63, 3.8) is 0 Å². The number of ketones is 1. The molecule has 3 aromatic carbocycles. The second-order valence-electron chi connectivity index (χ2n) is 13.7. The fourth-order valence-electron chi connectivity index (χ4n) is 7.67. The summed E-state index contributed by atoms with van der Waals surface area (Å²) in [6, 6.07) is 27.2. The van der Waals surface area contributed by atoms with Gasteiger partial charge in [-0.25, -0.2) is 0 Å². The number of benzene rings is 3. The molecule has 0 aliphatic heterocycles. The SMILES string of the molecule is C.CC1CCC(c2ccc3nc(-c4[c-]ccc5ccccc45)ccc3c2)CC1.O=C(C=C(O)C1CCCCC1)C1CCCCC1.[Ir]. The van der Waals surface area contributed by atoms with Gasteiger partial charge in [-0.3, -0.25) is 9.78 Å². The van der Waals surface area contributed by atoms with Gasteiger partial charge in [-0.2, -0.15) is 0 Å². The zero-order valence-electron chi connectivity index (χ0n) is 26.8. The number of carbonyl (C=O) groups is 1. The van der Waals surface area contributed by atoms with E-state index in [4.69, 9.17) is 4.98 Å². The van der Waals surface area contributed by atoms with Crippen LogP contribution in [0.2, 0.25) is 0 Å². The average molecular weight is 795 g/mol.